The van der Waals surface area contributed by atoms with E-state index in [1.165, 1.54) is 0 Å². The molecule has 0 aliphatic rings. The zero-order valence-corrected chi connectivity index (χ0v) is 22.8. The summed E-state index contributed by atoms with van der Waals surface area (Å²) in [7, 11) is 7.96. The van der Waals surface area contributed by atoms with Crippen LogP contribution in [0.4, 0.5) is 18.9 Å². The maximum absolute atomic E-state index is 12.6. The number of aliphatic carboxylic acids is 1. The third-order valence-electron chi connectivity index (χ3n) is 5.43. The molecule has 2 N–H and O–H groups in total. The van der Waals surface area contributed by atoms with Gasteiger partial charge in [-0.05, 0) is 74.7 Å². The number of carboxylic acids is 1. The van der Waals surface area contributed by atoms with Gasteiger partial charge in [0.25, 0.3) is 5.91 Å². The van der Waals surface area contributed by atoms with Crippen molar-refractivity contribution >= 4 is 29.2 Å². The molecule has 0 aromatic heterocycles. The van der Waals surface area contributed by atoms with Crippen LogP contribution in [0.25, 0.3) is 11.1 Å². The van der Waals surface area contributed by atoms with Gasteiger partial charge in [-0.2, -0.15) is 13.2 Å². The van der Waals surface area contributed by atoms with Crippen molar-refractivity contribution in [2.45, 2.75) is 12.7 Å². The Bertz CT molecular complexity index is 1270. The van der Waals surface area contributed by atoms with Crippen LogP contribution in [0, 0.1) is 0 Å². The van der Waals surface area contributed by atoms with Crippen LogP contribution in [-0.4, -0.2) is 74.3 Å². The summed E-state index contributed by atoms with van der Waals surface area (Å²) in [5.41, 5.74) is 4.47. The first kappa shape index (κ1) is 31.6. The number of methoxy groups -OCH3 is 1. The van der Waals surface area contributed by atoms with Gasteiger partial charge in [-0.1, -0.05) is 35.9 Å². The number of anilines is 1. The molecular weight excluding hydrogens is 535 g/mol. The Kier molecular flexibility index (Phi) is 11.8. The Balaban J connectivity index is 0.000000673. The topological polar surface area (TPSA) is 82.1 Å². The summed E-state index contributed by atoms with van der Waals surface area (Å²) in [6, 6.07) is 20.9. The maximum Gasteiger partial charge on any atom is 0.490 e. The number of benzene rings is 3. The molecule has 3 aromatic rings. The smallest absolute Gasteiger partial charge is 0.490 e. The fourth-order valence-corrected chi connectivity index (χ4v) is 3.62. The zero-order chi connectivity index (χ0) is 29.2. The van der Waals surface area contributed by atoms with Gasteiger partial charge in [0.05, 0.1) is 7.11 Å². The van der Waals surface area contributed by atoms with Crippen LogP contribution in [0.2, 0.25) is 5.02 Å². The zero-order valence-electron chi connectivity index (χ0n) is 22.1. The molecule has 0 aliphatic carbocycles. The lowest BCUT2D eigenvalue weighted by Crippen LogP contribution is -2.28. The number of amides is 1. The van der Waals surface area contributed by atoms with Crippen molar-refractivity contribution in [3.05, 3.63) is 82.9 Å². The molecule has 0 heterocycles. The predicted molar refractivity (Wildman–Crippen MR) is 146 cm³/mol. The number of carboxylic acid groups (broad SMARTS) is 1. The van der Waals surface area contributed by atoms with E-state index in [1.807, 2.05) is 36.4 Å². The number of hydrogen-bond acceptors (Lipinski definition) is 5. The van der Waals surface area contributed by atoms with Crippen molar-refractivity contribution in [2.75, 3.05) is 46.7 Å². The second kappa shape index (κ2) is 14.5. The number of carbonyl (C=O) groups excluding carboxylic acids is 1. The Labute approximate surface area is 230 Å². The highest BCUT2D eigenvalue weighted by molar-refractivity contribution is 6.31. The molecule has 3 rings (SSSR count). The molecule has 0 saturated heterocycles. The van der Waals surface area contributed by atoms with Crippen molar-refractivity contribution in [2.24, 2.45) is 0 Å². The second-order valence-electron chi connectivity index (χ2n) is 8.92. The number of likely N-dealkylation sites (N-methyl/N-ethyl adjacent to an activating group) is 2. The largest absolute Gasteiger partial charge is 0.496 e. The molecule has 1 amide bonds. The normalized spacial score (nSPS) is 11.1. The molecule has 11 heteroatoms. The first-order chi connectivity index (χ1) is 18.3. The number of nitrogens with zero attached hydrogens (tertiary/aromatic N) is 2. The Morgan fingerprint density at radius 1 is 0.949 bits per heavy atom. The predicted octanol–water partition coefficient (Wildman–Crippen LogP) is 5.89. The number of hydrogen-bond donors (Lipinski definition) is 2. The quantitative estimate of drug-likeness (QED) is 0.336. The molecule has 0 atom stereocenters. The van der Waals surface area contributed by atoms with E-state index in [2.05, 4.69) is 42.3 Å². The van der Waals surface area contributed by atoms with Crippen LogP contribution >= 0.6 is 11.6 Å². The van der Waals surface area contributed by atoms with Gasteiger partial charge in [-0.15, -0.1) is 0 Å². The second-order valence-corrected chi connectivity index (χ2v) is 9.35. The number of ether oxygens (including phenoxy) is 1. The van der Waals surface area contributed by atoms with E-state index in [1.54, 1.807) is 31.4 Å². The van der Waals surface area contributed by atoms with Crippen molar-refractivity contribution in [3.63, 3.8) is 0 Å². The Morgan fingerprint density at radius 2 is 1.59 bits per heavy atom. The minimum atomic E-state index is -5.08. The highest BCUT2D eigenvalue weighted by Gasteiger charge is 2.38. The average molecular weight is 566 g/mol. The summed E-state index contributed by atoms with van der Waals surface area (Å²) in [5.74, 6) is -2.08. The molecule has 39 heavy (non-hydrogen) atoms. The third-order valence-corrected chi connectivity index (χ3v) is 5.67. The summed E-state index contributed by atoms with van der Waals surface area (Å²) < 4.78 is 37.3. The molecule has 7 nitrogen and oxygen atoms in total. The van der Waals surface area contributed by atoms with Gasteiger partial charge in [0.2, 0.25) is 0 Å². The fraction of sp³-hybridized carbons (Fsp3) is 0.286. The minimum absolute atomic E-state index is 0.192. The molecule has 210 valence electrons. The Morgan fingerprint density at radius 3 is 2.18 bits per heavy atom. The molecule has 0 spiro atoms. The summed E-state index contributed by atoms with van der Waals surface area (Å²) in [4.78, 5) is 25.9. The van der Waals surface area contributed by atoms with Gasteiger partial charge in [-0.25, -0.2) is 4.79 Å². The monoisotopic (exact) mass is 565 g/mol. The summed E-state index contributed by atoms with van der Waals surface area (Å²) in [5, 5.41) is 10.6. The van der Waals surface area contributed by atoms with E-state index in [0.29, 0.717) is 10.6 Å². The van der Waals surface area contributed by atoms with Gasteiger partial charge in [-0.3, -0.25) is 4.79 Å². The van der Waals surface area contributed by atoms with Gasteiger partial charge in [0.1, 0.15) is 5.75 Å². The van der Waals surface area contributed by atoms with Crippen LogP contribution in [0.3, 0.4) is 0 Å². The average Bonchev–Trinajstić information content (AvgIpc) is 2.87. The van der Waals surface area contributed by atoms with Crippen LogP contribution < -0.4 is 10.1 Å². The SMILES string of the molecule is COc1ccc(-c2cccc(NC(=O)c3cccc(Cl)c3)c2)cc1CN(C)CCN(C)C.O=C(O)C(F)(F)F. The first-order valence-electron chi connectivity index (χ1n) is 11.8. The van der Waals surface area contributed by atoms with Crippen LogP contribution in [0.5, 0.6) is 5.75 Å². The van der Waals surface area contributed by atoms with Gasteiger partial charge in [0, 0.05) is 41.5 Å². The lowest BCUT2D eigenvalue weighted by molar-refractivity contribution is -0.192. The van der Waals surface area contributed by atoms with Gasteiger partial charge >= 0.3 is 12.1 Å². The van der Waals surface area contributed by atoms with Crippen molar-refractivity contribution < 1.29 is 32.6 Å². The number of carbonyl (C=O) groups is 2. The minimum Gasteiger partial charge on any atom is -0.496 e. The van der Waals surface area contributed by atoms with Crippen LogP contribution in [-0.2, 0) is 11.3 Å². The first-order valence-corrected chi connectivity index (χ1v) is 12.2. The molecule has 0 aliphatic heterocycles. The molecular formula is C28H31ClF3N3O4. The highest BCUT2D eigenvalue weighted by atomic mass is 35.5. The Hall–Kier alpha value is -3.60. The third kappa shape index (κ3) is 10.6. The molecule has 0 bridgehead atoms. The van der Waals surface area contributed by atoms with E-state index in [0.717, 1.165) is 47.8 Å². The van der Waals surface area contributed by atoms with Crippen molar-refractivity contribution in [1.82, 2.24) is 9.80 Å². The molecule has 0 saturated carbocycles. The molecule has 3 aromatic carbocycles. The van der Waals surface area contributed by atoms with E-state index < -0.39 is 12.1 Å². The summed E-state index contributed by atoms with van der Waals surface area (Å²) in [6.45, 7) is 2.74. The lowest BCUT2D eigenvalue weighted by atomic mass is 10.0. The standard InChI is InChI=1S/C26H30ClN3O2.C2HF3O2/c1-29(2)13-14-30(3)18-22-15-20(11-12-25(22)32-4)19-7-6-10-24(17-19)28-26(31)21-8-5-9-23(27)16-21;3-2(4,5)1(6)7/h5-12,15-17H,13-14,18H2,1-4H3,(H,28,31);(H,6,7). The van der Waals surface area contributed by atoms with E-state index in [-0.39, 0.29) is 5.91 Å². The van der Waals surface area contributed by atoms with E-state index in [9.17, 15) is 18.0 Å². The van der Waals surface area contributed by atoms with Gasteiger partial charge < -0.3 is 25.0 Å². The van der Waals surface area contributed by atoms with Crippen LogP contribution in [0.1, 0.15) is 15.9 Å². The summed E-state index contributed by atoms with van der Waals surface area (Å²) in [6.07, 6.45) is -5.08. The van der Waals surface area contributed by atoms with E-state index >= 15 is 0 Å². The maximum atomic E-state index is 12.6. The lowest BCUT2D eigenvalue weighted by Gasteiger charge is -2.21. The van der Waals surface area contributed by atoms with E-state index in [4.69, 9.17) is 26.2 Å². The number of nitrogens with one attached hydrogen (secondary N) is 1. The number of rotatable bonds is 9. The molecule has 0 fully saturated rings. The summed E-state index contributed by atoms with van der Waals surface area (Å²) >= 11 is 6.01. The molecule has 0 unspecified atom stereocenters. The van der Waals surface area contributed by atoms with Crippen molar-refractivity contribution in [1.29, 1.82) is 0 Å². The number of halogens is 4. The fourth-order valence-electron chi connectivity index (χ4n) is 3.43. The molecule has 0 radical (unpaired) electrons. The van der Waals surface area contributed by atoms with Gasteiger partial charge in [0.15, 0.2) is 0 Å². The number of alkyl halides is 3. The van der Waals surface area contributed by atoms with Crippen LogP contribution in [0.15, 0.2) is 66.7 Å². The van der Waals surface area contributed by atoms with Crippen molar-refractivity contribution in [3.8, 4) is 16.9 Å². The highest BCUT2D eigenvalue weighted by Crippen LogP contribution is 2.29.